The van der Waals surface area contributed by atoms with Gasteiger partial charge in [0.2, 0.25) is 5.91 Å². The number of hydrogen-bond acceptors (Lipinski definition) is 5. The van der Waals surface area contributed by atoms with Gasteiger partial charge in [0, 0.05) is 58.3 Å². The number of fused-ring (bicyclic) bond motifs is 1. The van der Waals surface area contributed by atoms with Crippen molar-refractivity contribution in [1.29, 1.82) is 0 Å². The molecule has 0 fully saturated rings. The van der Waals surface area contributed by atoms with Crippen molar-refractivity contribution in [2.75, 3.05) is 19.4 Å². The molecule has 0 bridgehead atoms. The van der Waals surface area contributed by atoms with Crippen molar-refractivity contribution in [3.05, 3.63) is 101 Å². The second-order valence-corrected chi connectivity index (χ2v) is 11.4. The number of hydrogen-bond donors (Lipinski definition) is 2. The third-order valence-electron chi connectivity index (χ3n) is 7.01. The lowest BCUT2D eigenvalue weighted by atomic mass is 9.99. The van der Waals surface area contributed by atoms with E-state index in [0.717, 1.165) is 68.3 Å². The Kier molecular flexibility index (Phi) is 7.50. The van der Waals surface area contributed by atoms with Crippen LogP contribution < -0.4 is 5.32 Å². The number of amides is 1. The first kappa shape index (κ1) is 26.7. The molecule has 6 rings (SSSR count). The molecule has 8 heteroatoms. The summed E-state index contributed by atoms with van der Waals surface area (Å²) in [5.74, 6) is -0.0330. The highest BCUT2D eigenvalue weighted by Gasteiger charge is 2.18. The standard InChI is InChI=1S/C33H32N6OS/c1-4-39-21-29(32(37-39)24-7-5-8-25(17-24)35-31(40)18-26-9-6-16-41-26)27-14-15-34-33-28(27)19-30(36-33)23-12-10-22(11-13-23)20-38(2)3/h5-17,19,21H,4,18,20H2,1-3H3,(H,34,36)(H,35,40). The number of thiophene rings is 1. The highest BCUT2D eigenvalue weighted by atomic mass is 32.1. The lowest BCUT2D eigenvalue weighted by Crippen LogP contribution is -2.13. The average Bonchev–Trinajstić information content (AvgIpc) is 3.73. The number of pyridine rings is 1. The second kappa shape index (κ2) is 11.5. The third kappa shape index (κ3) is 5.84. The van der Waals surface area contributed by atoms with Gasteiger partial charge in [-0.25, -0.2) is 4.98 Å². The molecule has 0 aliphatic carbocycles. The van der Waals surface area contributed by atoms with E-state index in [0.29, 0.717) is 6.42 Å². The van der Waals surface area contributed by atoms with E-state index in [-0.39, 0.29) is 5.91 Å². The van der Waals surface area contributed by atoms with Crippen LogP contribution in [0.2, 0.25) is 0 Å². The maximum absolute atomic E-state index is 12.7. The molecule has 0 saturated carbocycles. The smallest absolute Gasteiger partial charge is 0.229 e. The van der Waals surface area contributed by atoms with E-state index in [1.807, 2.05) is 58.7 Å². The number of aromatic nitrogens is 4. The molecule has 0 unspecified atom stereocenters. The van der Waals surface area contributed by atoms with Crippen LogP contribution in [0.25, 0.3) is 44.7 Å². The molecule has 0 saturated heterocycles. The zero-order valence-corrected chi connectivity index (χ0v) is 24.2. The van der Waals surface area contributed by atoms with Crippen LogP contribution in [0, 0.1) is 0 Å². The molecule has 0 atom stereocenters. The van der Waals surface area contributed by atoms with Crippen LogP contribution >= 0.6 is 11.3 Å². The quantitative estimate of drug-likeness (QED) is 0.198. The van der Waals surface area contributed by atoms with Gasteiger partial charge in [-0.3, -0.25) is 9.48 Å². The highest BCUT2D eigenvalue weighted by Crippen LogP contribution is 2.37. The first-order valence-corrected chi connectivity index (χ1v) is 14.6. The van der Waals surface area contributed by atoms with Crippen molar-refractivity contribution in [3.63, 3.8) is 0 Å². The molecular weight excluding hydrogens is 528 g/mol. The number of nitrogens with zero attached hydrogens (tertiary/aromatic N) is 4. The molecule has 2 N–H and O–H groups in total. The summed E-state index contributed by atoms with van der Waals surface area (Å²) in [7, 11) is 4.15. The van der Waals surface area contributed by atoms with Gasteiger partial charge in [-0.15, -0.1) is 11.3 Å². The molecule has 2 aromatic carbocycles. The Hall–Kier alpha value is -4.53. The minimum atomic E-state index is -0.0330. The Bertz CT molecular complexity index is 1800. The average molecular weight is 561 g/mol. The van der Waals surface area contributed by atoms with Crippen LogP contribution in [-0.2, 0) is 24.3 Å². The van der Waals surface area contributed by atoms with Crippen molar-refractivity contribution in [3.8, 4) is 33.6 Å². The zero-order valence-electron chi connectivity index (χ0n) is 23.4. The van der Waals surface area contributed by atoms with Crippen LogP contribution in [0.1, 0.15) is 17.4 Å². The van der Waals surface area contributed by atoms with Gasteiger partial charge in [-0.05, 0) is 73.4 Å². The third-order valence-corrected chi connectivity index (χ3v) is 7.88. The van der Waals surface area contributed by atoms with Gasteiger partial charge in [0.05, 0.1) is 6.42 Å². The Labute approximate surface area is 243 Å². The van der Waals surface area contributed by atoms with E-state index < -0.39 is 0 Å². The fourth-order valence-electron chi connectivity index (χ4n) is 5.09. The maximum Gasteiger partial charge on any atom is 0.229 e. The summed E-state index contributed by atoms with van der Waals surface area (Å²) in [4.78, 5) is 24.0. The molecule has 4 aromatic heterocycles. The lowest BCUT2D eigenvalue weighted by Gasteiger charge is -2.09. The van der Waals surface area contributed by atoms with E-state index in [9.17, 15) is 4.79 Å². The Morgan fingerprint density at radius 1 is 1.00 bits per heavy atom. The zero-order chi connectivity index (χ0) is 28.3. The van der Waals surface area contributed by atoms with Gasteiger partial charge >= 0.3 is 0 Å². The van der Waals surface area contributed by atoms with Crippen LogP contribution in [-0.4, -0.2) is 44.7 Å². The minimum Gasteiger partial charge on any atom is -0.339 e. The van der Waals surface area contributed by atoms with Crippen molar-refractivity contribution in [2.45, 2.75) is 26.4 Å². The van der Waals surface area contributed by atoms with Crippen molar-refractivity contribution in [1.82, 2.24) is 24.6 Å². The topological polar surface area (TPSA) is 78.8 Å². The van der Waals surface area contributed by atoms with Crippen LogP contribution in [0.15, 0.2) is 90.6 Å². The lowest BCUT2D eigenvalue weighted by molar-refractivity contribution is -0.115. The summed E-state index contributed by atoms with van der Waals surface area (Å²) in [6, 6.07) is 24.7. The van der Waals surface area contributed by atoms with Gasteiger partial charge in [0.15, 0.2) is 0 Å². The number of benzene rings is 2. The fraction of sp³-hybridized carbons (Fsp3) is 0.182. The molecule has 0 spiro atoms. The molecule has 0 aliphatic rings. The van der Waals surface area contributed by atoms with Gasteiger partial charge in [-0.2, -0.15) is 5.10 Å². The SMILES string of the molecule is CCn1cc(-c2ccnc3[nH]c(-c4ccc(CN(C)C)cc4)cc23)c(-c2cccc(NC(=O)Cc3cccs3)c2)n1. The van der Waals surface area contributed by atoms with Gasteiger partial charge in [0.25, 0.3) is 0 Å². The summed E-state index contributed by atoms with van der Waals surface area (Å²) in [6.07, 6.45) is 4.29. The van der Waals surface area contributed by atoms with E-state index in [1.165, 1.54) is 5.56 Å². The predicted octanol–water partition coefficient (Wildman–Crippen LogP) is 7.08. The maximum atomic E-state index is 12.7. The molecule has 6 aromatic rings. The Balaban J connectivity index is 1.34. The number of H-pyrrole nitrogens is 1. The van der Waals surface area contributed by atoms with E-state index in [2.05, 4.69) is 77.7 Å². The molecule has 4 heterocycles. The number of carbonyl (C=O) groups is 1. The molecular formula is C33H32N6OS. The highest BCUT2D eigenvalue weighted by molar-refractivity contribution is 7.10. The van der Waals surface area contributed by atoms with Gasteiger partial charge < -0.3 is 15.2 Å². The van der Waals surface area contributed by atoms with Gasteiger partial charge in [-0.1, -0.05) is 42.5 Å². The molecule has 0 radical (unpaired) electrons. The monoisotopic (exact) mass is 560 g/mol. The first-order chi connectivity index (χ1) is 20.0. The number of carbonyl (C=O) groups excluding carboxylic acids is 1. The predicted molar refractivity (Wildman–Crippen MR) is 168 cm³/mol. The summed E-state index contributed by atoms with van der Waals surface area (Å²) in [5, 5.41) is 11.0. The second-order valence-electron chi connectivity index (χ2n) is 10.4. The molecule has 41 heavy (non-hydrogen) atoms. The van der Waals surface area contributed by atoms with Crippen LogP contribution in [0.4, 0.5) is 5.69 Å². The summed E-state index contributed by atoms with van der Waals surface area (Å²) < 4.78 is 1.95. The van der Waals surface area contributed by atoms with Crippen LogP contribution in [0.5, 0.6) is 0 Å². The molecule has 1 amide bonds. The number of aryl methyl sites for hydroxylation is 1. The minimum absolute atomic E-state index is 0.0330. The Morgan fingerprint density at radius 2 is 1.85 bits per heavy atom. The number of anilines is 1. The molecule has 206 valence electrons. The van der Waals surface area contributed by atoms with Crippen molar-refractivity contribution in [2.24, 2.45) is 0 Å². The van der Waals surface area contributed by atoms with Crippen LogP contribution in [0.3, 0.4) is 0 Å². The van der Waals surface area contributed by atoms with Gasteiger partial charge in [0.1, 0.15) is 11.3 Å². The van der Waals surface area contributed by atoms with Crippen molar-refractivity contribution < 1.29 is 4.79 Å². The summed E-state index contributed by atoms with van der Waals surface area (Å²) in [6.45, 7) is 3.73. The largest absolute Gasteiger partial charge is 0.339 e. The molecule has 7 nitrogen and oxygen atoms in total. The fourth-order valence-corrected chi connectivity index (χ4v) is 5.79. The number of nitrogens with one attached hydrogen (secondary N) is 2. The number of aromatic amines is 1. The summed E-state index contributed by atoms with van der Waals surface area (Å²) >= 11 is 1.59. The van der Waals surface area contributed by atoms with E-state index >= 15 is 0 Å². The van der Waals surface area contributed by atoms with Crippen molar-refractivity contribution >= 4 is 34.0 Å². The first-order valence-electron chi connectivity index (χ1n) is 13.7. The normalized spacial score (nSPS) is 11.4. The van der Waals surface area contributed by atoms with E-state index in [1.54, 1.807) is 11.3 Å². The Morgan fingerprint density at radius 3 is 2.61 bits per heavy atom. The number of rotatable bonds is 9. The van der Waals surface area contributed by atoms with E-state index in [4.69, 9.17) is 5.10 Å². The summed E-state index contributed by atoms with van der Waals surface area (Å²) in [5.41, 5.74) is 8.89. The molecule has 0 aliphatic heterocycles.